The van der Waals surface area contributed by atoms with Gasteiger partial charge in [-0.15, -0.1) is 0 Å². The van der Waals surface area contributed by atoms with Crippen LogP contribution in [0.1, 0.15) is 25.5 Å². The zero-order chi connectivity index (χ0) is 17.5. The van der Waals surface area contributed by atoms with Crippen molar-refractivity contribution in [3.05, 3.63) is 48.2 Å². The predicted octanol–water partition coefficient (Wildman–Crippen LogP) is 3.46. The predicted molar refractivity (Wildman–Crippen MR) is 95.7 cm³/mol. The lowest BCUT2D eigenvalue weighted by molar-refractivity contribution is -0.120. The number of pyridine rings is 1. The molecule has 0 aliphatic rings. The van der Waals surface area contributed by atoms with E-state index in [4.69, 9.17) is 9.47 Å². The second-order valence-electron chi connectivity index (χ2n) is 5.27. The molecule has 1 amide bonds. The van der Waals surface area contributed by atoms with Gasteiger partial charge in [0.2, 0.25) is 5.91 Å². The van der Waals surface area contributed by atoms with Crippen molar-refractivity contribution in [1.29, 1.82) is 0 Å². The van der Waals surface area contributed by atoms with Gasteiger partial charge in [-0.05, 0) is 44.2 Å². The summed E-state index contributed by atoms with van der Waals surface area (Å²) in [6.45, 7) is 3.79. The van der Waals surface area contributed by atoms with Crippen LogP contribution < -0.4 is 14.8 Å². The molecule has 0 aliphatic heterocycles. The number of hydrogen-bond acceptors (Lipinski definition) is 5. The van der Waals surface area contributed by atoms with Crippen LogP contribution in [0.3, 0.4) is 0 Å². The van der Waals surface area contributed by atoms with E-state index in [9.17, 15) is 4.79 Å². The van der Waals surface area contributed by atoms with Crippen molar-refractivity contribution in [1.82, 2.24) is 10.3 Å². The largest absolute Gasteiger partial charge is 0.497 e. The number of methoxy groups -OCH3 is 2. The summed E-state index contributed by atoms with van der Waals surface area (Å²) in [5, 5.41) is 3.59. The van der Waals surface area contributed by atoms with Gasteiger partial charge in [0.25, 0.3) is 0 Å². The fourth-order valence-electron chi connectivity index (χ4n) is 2.24. The van der Waals surface area contributed by atoms with Gasteiger partial charge in [-0.2, -0.15) is 0 Å². The maximum atomic E-state index is 12.5. The number of thioether (sulfide) groups is 1. The molecule has 5 nitrogen and oxygen atoms in total. The number of carbonyl (C=O) groups is 1. The molecule has 0 spiro atoms. The molecule has 128 valence electrons. The Balaban J connectivity index is 2.05. The van der Waals surface area contributed by atoms with Crippen LogP contribution >= 0.6 is 11.8 Å². The van der Waals surface area contributed by atoms with E-state index in [0.29, 0.717) is 5.75 Å². The summed E-state index contributed by atoms with van der Waals surface area (Å²) < 4.78 is 10.6. The van der Waals surface area contributed by atoms with Crippen LogP contribution in [0, 0.1) is 0 Å². The Kier molecular flexibility index (Phi) is 6.49. The molecule has 0 radical (unpaired) electrons. The summed E-state index contributed by atoms with van der Waals surface area (Å²) in [5.41, 5.74) is 0.875. The molecular weight excluding hydrogens is 324 g/mol. The van der Waals surface area contributed by atoms with Gasteiger partial charge in [0, 0.05) is 11.8 Å². The van der Waals surface area contributed by atoms with Gasteiger partial charge in [-0.1, -0.05) is 17.8 Å². The lowest BCUT2D eigenvalue weighted by Gasteiger charge is -2.20. The molecule has 1 heterocycles. The number of rotatable bonds is 7. The van der Waals surface area contributed by atoms with Crippen molar-refractivity contribution >= 4 is 17.7 Å². The highest BCUT2D eigenvalue weighted by atomic mass is 32.2. The first-order chi connectivity index (χ1) is 11.5. The number of amides is 1. The topological polar surface area (TPSA) is 60.5 Å². The number of ether oxygens (including phenoxy) is 2. The van der Waals surface area contributed by atoms with Crippen molar-refractivity contribution in [2.45, 2.75) is 30.2 Å². The standard InChI is InChI=1S/C18H22N2O3S/c1-12(15-11-14(22-3)8-9-16(15)23-4)20-18(21)13(2)24-17-7-5-6-10-19-17/h5-13H,1-4H3,(H,20,21)/t12-,13-/m1/s1. The summed E-state index contributed by atoms with van der Waals surface area (Å²) in [5.74, 6) is 1.39. The first-order valence-corrected chi connectivity index (χ1v) is 8.53. The van der Waals surface area contributed by atoms with Gasteiger partial charge in [0.05, 0.1) is 30.5 Å². The van der Waals surface area contributed by atoms with Crippen molar-refractivity contribution in [2.24, 2.45) is 0 Å². The van der Waals surface area contributed by atoms with Crippen LogP contribution in [0.2, 0.25) is 0 Å². The molecule has 6 heteroatoms. The van der Waals surface area contributed by atoms with Crippen LogP contribution in [0.25, 0.3) is 0 Å². The molecule has 1 aromatic carbocycles. The Morgan fingerprint density at radius 1 is 1.17 bits per heavy atom. The van der Waals surface area contributed by atoms with Crippen molar-refractivity contribution in [2.75, 3.05) is 14.2 Å². The van der Waals surface area contributed by atoms with E-state index < -0.39 is 0 Å². The quantitative estimate of drug-likeness (QED) is 0.778. The monoisotopic (exact) mass is 346 g/mol. The zero-order valence-corrected chi connectivity index (χ0v) is 15.1. The number of benzene rings is 1. The fraction of sp³-hybridized carbons (Fsp3) is 0.333. The Hall–Kier alpha value is -2.21. The molecule has 2 aromatic rings. The summed E-state index contributed by atoms with van der Waals surface area (Å²) in [6.07, 6.45) is 1.72. The second kappa shape index (κ2) is 8.59. The molecule has 0 saturated carbocycles. The van der Waals surface area contributed by atoms with Crippen LogP contribution in [0.15, 0.2) is 47.6 Å². The molecule has 0 saturated heterocycles. The molecule has 1 aromatic heterocycles. The van der Waals surface area contributed by atoms with E-state index in [1.807, 2.05) is 50.2 Å². The minimum Gasteiger partial charge on any atom is -0.497 e. The molecule has 0 bridgehead atoms. The van der Waals surface area contributed by atoms with E-state index in [1.54, 1.807) is 20.4 Å². The van der Waals surface area contributed by atoms with E-state index in [1.165, 1.54) is 11.8 Å². The smallest absolute Gasteiger partial charge is 0.233 e. The first kappa shape index (κ1) is 18.1. The Labute approximate surface area is 146 Å². The lowest BCUT2D eigenvalue weighted by Crippen LogP contribution is -2.33. The normalized spacial score (nSPS) is 13.0. The summed E-state index contributed by atoms with van der Waals surface area (Å²) in [4.78, 5) is 16.7. The SMILES string of the molecule is COc1ccc(OC)c([C@@H](C)NC(=O)[C@@H](C)Sc2ccccn2)c1. The van der Waals surface area contributed by atoms with Crippen molar-refractivity contribution in [3.63, 3.8) is 0 Å². The van der Waals surface area contributed by atoms with Crippen LogP contribution in [-0.2, 0) is 4.79 Å². The minimum absolute atomic E-state index is 0.0528. The summed E-state index contributed by atoms with van der Waals surface area (Å²) in [7, 11) is 3.22. The number of aromatic nitrogens is 1. The van der Waals surface area contributed by atoms with Crippen molar-refractivity contribution < 1.29 is 14.3 Å². The van der Waals surface area contributed by atoms with Gasteiger partial charge in [-0.25, -0.2) is 4.98 Å². The van der Waals surface area contributed by atoms with Crippen LogP contribution in [0.5, 0.6) is 11.5 Å². The molecule has 2 rings (SSSR count). The van der Waals surface area contributed by atoms with E-state index in [0.717, 1.165) is 16.3 Å². The third-order valence-electron chi connectivity index (χ3n) is 3.57. The maximum absolute atomic E-state index is 12.5. The Morgan fingerprint density at radius 3 is 2.58 bits per heavy atom. The zero-order valence-electron chi connectivity index (χ0n) is 14.3. The number of nitrogens with one attached hydrogen (secondary N) is 1. The molecule has 0 aliphatic carbocycles. The van der Waals surface area contributed by atoms with E-state index in [-0.39, 0.29) is 17.2 Å². The van der Waals surface area contributed by atoms with Gasteiger partial charge in [0.15, 0.2) is 0 Å². The second-order valence-corrected chi connectivity index (χ2v) is 6.63. The minimum atomic E-state index is -0.251. The third kappa shape index (κ3) is 4.64. The summed E-state index contributed by atoms with van der Waals surface area (Å²) >= 11 is 1.43. The Morgan fingerprint density at radius 2 is 1.96 bits per heavy atom. The van der Waals surface area contributed by atoms with Crippen LogP contribution in [0.4, 0.5) is 0 Å². The van der Waals surface area contributed by atoms with Gasteiger partial charge in [0.1, 0.15) is 11.5 Å². The highest BCUT2D eigenvalue weighted by molar-refractivity contribution is 8.00. The summed E-state index contributed by atoms with van der Waals surface area (Å²) in [6, 6.07) is 11.0. The van der Waals surface area contributed by atoms with Gasteiger partial charge >= 0.3 is 0 Å². The molecule has 24 heavy (non-hydrogen) atoms. The number of hydrogen-bond donors (Lipinski definition) is 1. The molecule has 0 fully saturated rings. The third-order valence-corrected chi connectivity index (χ3v) is 4.62. The average molecular weight is 346 g/mol. The fourth-order valence-corrected chi connectivity index (χ4v) is 3.05. The van der Waals surface area contributed by atoms with E-state index >= 15 is 0 Å². The highest BCUT2D eigenvalue weighted by Crippen LogP contribution is 2.30. The average Bonchev–Trinajstić information content (AvgIpc) is 2.61. The van der Waals surface area contributed by atoms with Gasteiger partial charge in [-0.3, -0.25) is 4.79 Å². The highest BCUT2D eigenvalue weighted by Gasteiger charge is 2.20. The number of nitrogens with zero attached hydrogens (tertiary/aromatic N) is 1. The van der Waals surface area contributed by atoms with Crippen LogP contribution in [-0.4, -0.2) is 30.4 Å². The lowest BCUT2D eigenvalue weighted by atomic mass is 10.1. The Bertz CT molecular complexity index is 679. The first-order valence-electron chi connectivity index (χ1n) is 7.65. The van der Waals surface area contributed by atoms with Crippen molar-refractivity contribution in [3.8, 4) is 11.5 Å². The number of carbonyl (C=O) groups excluding carboxylic acids is 1. The maximum Gasteiger partial charge on any atom is 0.233 e. The van der Waals surface area contributed by atoms with E-state index in [2.05, 4.69) is 10.3 Å². The van der Waals surface area contributed by atoms with Gasteiger partial charge < -0.3 is 14.8 Å². The molecular formula is C18H22N2O3S. The molecule has 1 N–H and O–H groups in total. The molecule has 2 atom stereocenters. The molecule has 0 unspecified atom stereocenters.